The van der Waals surface area contributed by atoms with Gasteiger partial charge in [-0.25, -0.2) is 0 Å². The van der Waals surface area contributed by atoms with Crippen molar-refractivity contribution in [2.75, 3.05) is 19.6 Å². The quantitative estimate of drug-likeness (QED) is 0.412. The maximum atomic E-state index is 13.9. The zero-order valence-corrected chi connectivity index (χ0v) is 22.7. The number of nitrogens with one attached hydrogen (secondary N) is 1. The van der Waals surface area contributed by atoms with E-state index in [1.165, 1.54) is 0 Å². The molecule has 7 rings (SSSR count). The normalized spacial score (nSPS) is 21.5. The van der Waals surface area contributed by atoms with Crippen LogP contribution in [0.3, 0.4) is 0 Å². The highest BCUT2D eigenvalue weighted by molar-refractivity contribution is 7.19. The molecule has 0 aliphatic carbocycles. The van der Waals surface area contributed by atoms with E-state index >= 15 is 0 Å². The summed E-state index contributed by atoms with van der Waals surface area (Å²) in [4.78, 5) is 51.9. The van der Waals surface area contributed by atoms with Crippen molar-refractivity contribution < 1.29 is 14.4 Å². The first-order valence-electron chi connectivity index (χ1n) is 13.6. The molecule has 1 N–H and O–H groups in total. The molecule has 40 heavy (non-hydrogen) atoms. The number of pyridine rings is 1. The van der Waals surface area contributed by atoms with Gasteiger partial charge < -0.3 is 15.1 Å². The molecular weight excluding hydrogens is 522 g/mol. The Morgan fingerprint density at radius 1 is 0.925 bits per heavy atom. The summed E-state index contributed by atoms with van der Waals surface area (Å²) >= 11 is 1.60. The van der Waals surface area contributed by atoms with Gasteiger partial charge in [-0.2, -0.15) is 0 Å². The molecule has 0 radical (unpaired) electrons. The van der Waals surface area contributed by atoms with Crippen molar-refractivity contribution in [3.8, 4) is 0 Å². The van der Waals surface area contributed by atoms with Crippen LogP contribution in [0.2, 0.25) is 0 Å². The molecule has 3 atom stereocenters. The maximum absolute atomic E-state index is 13.9. The van der Waals surface area contributed by atoms with Gasteiger partial charge in [0, 0.05) is 61.1 Å². The minimum atomic E-state index is -0.604. The summed E-state index contributed by atoms with van der Waals surface area (Å²) in [6.45, 7) is 2.08. The van der Waals surface area contributed by atoms with Crippen molar-refractivity contribution in [3.05, 3.63) is 101 Å². The van der Waals surface area contributed by atoms with Gasteiger partial charge in [-0.1, -0.05) is 42.5 Å². The summed E-state index contributed by atoms with van der Waals surface area (Å²) in [5.41, 5.74) is 3.20. The van der Waals surface area contributed by atoms with Gasteiger partial charge >= 0.3 is 0 Å². The number of benzene rings is 2. The molecule has 202 valence electrons. The van der Waals surface area contributed by atoms with E-state index in [2.05, 4.69) is 39.5 Å². The van der Waals surface area contributed by atoms with E-state index in [0.717, 1.165) is 31.7 Å². The van der Waals surface area contributed by atoms with Gasteiger partial charge in [0.2, 0.25) is 17.7 Å². The number of thiophene rings is 1. The summed E-state index contributed by atoms with van der Waals surface area (Å²) in [5, 5.41) is 4.20. The summed E-state index contributed by atoms with van der Waals surface area (Å²) < 4.78 is 1.11. The molecule has 2 saturated heterocycles. The smallest absolute Gasteiger partial charge is 0.247 e. The maximum Gasteiger partial charge on any atom is 0.247 e. The third-order valence-corrected chi connectivity index (χ3v) is 9.51. The molecule has 3 aliphatic heterocycles. The van der Waals surface area contributed by atoms with Crippen LogP contribution in [-0.4, -0.2) is 69.1 Å². The molecule has 4 aromatic rings. The van der Waals surface area contributed by atoms with Crippen LogP contribution in [0.1, 0.15) is 27.6 Å². The number of rotatable bonds is 5. The Balaban J connectivity index is 1.17. The number of hydrogen-bond donors (Lipinski definition) is 1. The van der Waals surface area contributed by atoms with E-state index in [0.29, 0.717) is 39.1 Å². The zero-order chi connectivity index (χ0) is 27.2. The molecule has 8 nitrogen and oxygen atoms in total. The number of fused-ring (bicyclic) bond motifs is 4. The van der Waals surface area contributed by atoms with E-state index in [1.807, 2.05) is 42.5 Å². The topological polar surface area (TPSA) is 85.8 Å². The Kier molecular flexibility index (Phi) is 6.32. The van der Waals surface area contributed by atoms with E-state index in [-0.39, 0.29) is 17.7 Å². The first-order chi connectivity index (χ1) is 19.6. The lowest BCUT2D eigenvalue weighted by molar-refractivity contribution is -0.168. The number of carbonyl (C=O) groups excluding carboxylic acids is 3. The third-order valence-electron chi connectivity index (χ3n) is 8.34. The first kappa shape index (κ1) is 24.9. The van der Waals surface area contributed by atoms with Crippen molar-refractivity contribution in [1.82, 2.24) is 25.0 Å². The molecule has 9 heteroatoms. The highest BCUT2D eigenvalue weighted by atomic mass is 32.1. The minimum absolute atomic E-state index is 0.0132. The predicted octanol–water partition coefficient (Wildman–Crippen LogP) is 3.13. The Morgan fingerprint density at radius 3 is 2.50 bits per heavy atom. The molecule has 2 aromatic heterocycles. The Labute approximate surface area is 236 Å². The van der Waals surface area contributed by atoms with E-state index in [4.69, 9.17) is 0 Å². The summed E-state index contributed by atoms with van der Waals surface area (Å²) in [5.74, 6) is -0.133. The average Bonchev–Trinajstić information content (AvgIpc) is 3.42. The second-order valence-corrected chi connectivity index (χ2v) is 11.8. The molecule has 3 unspecified atom stereocenters. The molecule has 3 amide bonds. The molecular formula is C31H29N5O3S. The van der Waals surface area contributed by atoms with Gasteiger partial charge in [0.25, 0.3) is 0 Å². The number of piperazine rings is 2. The minimum Gasteiger partial charge on any atom is -0.350 e. The molecule has 2 fully saturated rings. The van der Waals surface area contributed by atoms with Crippen LogP contribution >= 0.6 is 11.3 Å². The summed E-state index contributed by atoms with van der Waals surface area (Å²) in [6.07, 6.45) is 3.97. The fraction of sp³-hybridized carbons (Fsp3) is 0.290. The Bertz CT molecular complexity index is 1570. The van der Waals surface area contributed by atoms with Crippen molar-refractivity contribution in [2.45, 2.75) is 37.6 Å². The third kappa shape index (κ3) is 4.35. The number of nitrogens with zero attached hydrogens (tertiary/aromatic N) is 4. The average molecular weight is 552 g/mol. The van der Waals surface area contributed by atoms with Crippen molar-refractivity contribution >= 4 is 39.1 Å². The van der Waals surface area contributed by atoms with Crippen LogP contribution in [0.15, 0.2) is 79.1 Å². The lowest BCUT2D eigenvalue weighted by atomic mass is 9.89. The molecule has 0 saturated carbocycles. The van der Waals surface area contributed by atoms with Gasteiger partial charge in [-0.15, -0.1) is 11.3 Å². The lowest BCUT2D eigenvalue weighted by Gasteiger charge is -2.51. The zero-order valence-electron chi connectivity index (χ0n) is 21.9. The SMILES string of the molecule is O=C(NCc1ccncc1)C(c1cc2ccccc2s1)N1CCN2C(=O)C3Cc4ccccc4CN3C(=O)C2C1. The first-order valence-corrected chi connectivity index (χ1v) is 14.5. The second-order valence-electron chi connectivity index (χ2n) is 10.7. The fourth-order valence-corrected chi connectivity index (χ4v) is 7.47. The highest BCUT2D eigenvalue weighted by Gasteiger charge is 2.50. The predicted molar refractivity (Wildman–Crippen MR) is 152 cm³/mol. The summed E-state index contributed by atoms with van der Waals surface area (Å²) in [6, 6.07) is 20.4. The number of hydrogen-bond acceptors (Lipinski definition) is 6. The van der Waals surface area contributed by atoms with E-state index < -0.39 is 18.1 Å². The number of carbonyl (C=O) groups is 3. The van der Waals surface area contributed by atoms with Gasteiger partial charge in [0.1, 0.15) is 18.1 Å². The van der Waals surface area contributed by atoms with Crippen molar-refractivity contribution in [1.29, 1.82) is 0 Å². The van der Waals surface area contributed by atoms with Crippen LogP contribution in [0.25, 0.3) is 10.1 Å². The fourth-order valence-electron chi connectivity index (χ4n) is 6.27. The van der Waals surface area contributed by atoms with Crippen molar-refractivity contribution in [3.63, 3.8) is 0 Å². The largest absolute Gasteiger partial charge is 0.350 e. The number of aromatic nitrogens is 1. The lowest BCUT2D eigenvalue weighted by Crippen LogP contribution is -2.71. The summed E-state index contributed by atoms with van der Waals surface area (Å²) in [7, 11) is 0. The monoisotopic (exact) mass is 551 g/mol. The van der Waals surface area contributed by atoms with Gasteiger partial charge in [-0.05, 0) is 46.3 Å². The van der Waals surface area contributed by atoms with Crippen LogP contribution in [0.5, 0.6) is 0 Å². The van der Waals surface area contributed by atoms with Crippen LogP contribution in [0, 0.1) is 0 Å². The van der Waals surface area contributed by atoms with Crippen LogP contribution in [0.4, 0.5) is 0 Å². The number of amides is 3. The molecule has 3 aliphatic rings. The molecule has 0 bridgehead atoms. The van der Waals surface area contributed by atoms with E-state index in [9.17, 15) is 14.4 Å². The second kappa shape index (κ2) is 10.1. The van der Waals surface area contributed by atoms with Gasteiger partial charge in [0.15, 0.2) is 0 Å². The van der Waals surface area contributed by atoms with E-state index in [1.54, 1.807) is 33.5 Å². The van der Waals surface area contributed by atoms with Crippen molar-refractivity contribution in [2.24, 2.45) is 0 Å². The Morgan fingerprint density at radius 2 is 1.68 bits per heavy atom. The molecule has 2 aromatic carbocycles. The molecule has 5 heterocycles. The van der Waals surface area contributed by atoms with Crippen LogP contribution in [-0.2, 0) is 33.9 Å². The Hall–Kier alpha value is -4.08. The molecule has 0 spiro atoms. The van der Waals surface area contributed by atoms with Crippen LogP contribution < -0.4 is 5.32 Å². The van der Waals surface area contributed by atoms with Gasteiger partial charge in [0.05, 0.1) is 0 Å². The van der Waals surface area contributed by atoms with Gasteiger partial charge in [-0.3, -0.25) is 24.3 Å². The standard InChI is InChI=1S/C31H29N5O3S/c37-29(33-17-20-9-11-32-12-10-20)28(27-16-22-6-3-4-8-26(22)40-27)34-13-14-35-25(19-34)31(39)36-18-23-7-2-1-5-21(23)15-24(36)30(35)38/h1-12,16,24-25,28H,13-15,17-19H2,(H,33,37). The highest BCUT2D eigenvalue weighted by Crippen LogP contribution is 2.36.